The van der Waals surface area contributed by atoms with Crippen LogP contribution in [0.3, 0.4) is 0 Å². The van der Waals surface area contributed by atoms with Crippen molar-refractivity contribution >= 4 is 5.82 Å². The Balaban J connectivity index is 1.76. The van der Waals surface area contributed by atoms with Gasteiger partial charge >= 0.3 is 0 Å². The summed E-state index contributed by atoms with van der Waals surface area (Å²) in [5.74, 6) is 0.662. The first-order valence-corrected chi connectivity index (χ1v) is 9.28. The zero-order valence-electron chi connectivity index (χ0n) is 16.6. The number of aliphatic hydroxyl groups is 1. The topological polar surface area (TPSA) is 88.8 Å². The summed E-state index contributed by atoms with van der Waals surface area (Å²) >= 11 is 0. The summed E-state index contributed by atoms with van der Waals surface area (Å²) in [6.45, 7) is 8.11. The van der Waals surface area contributed by atoms with Crippen molar-refractivity contribution in [2.45, 2.75) is 20.5 Å². The summed E-state index contributed by atoms with van der Waals surface area (Å²) in [6, 6.07) is 7.46. The van der Waals surface area contributed by atoms with E-state index in [1.807, 2.05) is 67.1 Å². The molecule has 0 bridgehead atoms. The van der Waals surface area contributed by atoms with Gasteiger partial charge in [0, 0.05) is 12.7 Å². The van der Waals surface area contributed by atoms with Crippen LogP contribution in [0.2, 0.25) is 0 Å². The van der Waals surface area contributed by atoms with Crippen molar-refractivity contribution in [1.82, 2.24) is 24.7 Å². The Kier molecular flexibility index (Phi) is 6.65. The first-order valence-electron chi connectivity index (χ1n) is 9.28. The second kappa shape index (κ2) is 9.57. The fourth-order valence-corrected chi connectivity index (χ4v) is 2.72. The van der Waals surface area contributed by atoms with E-state index in [0.717, 1.165) is 17.0 Å². The Labute approximate surface area is 170 Å². The Bertz CT molecular complexity index is 1030. The van der Waals surface area contributed by atoms with Crippen LogP contribution in [0.15, 0.2) is 73.2 Å². The van der Waals surface area contributed by atoms with Crippen LogP contribution in [0.1, 0.15) is 18.3 Å². The van der Waals surface area contributed by atoms with Gasteiger partial charge in [-0.2, -0.15) is 0 Å². The monoisotopic (exact) mass is 388 g/mol. The lowest BCUT2D eigenvalue weighted by molar-refractivity contribution is 0.276. The average Bonchev–Trinajstić information content (AvgIpc) is 3.20. The van der Waals surface area contributed by atoms with Gasteiger partial charge in [0.15, 0.2) is 0 Å². The first kappa shape index (κ1) is 20.2. The first-order chi connectivity index (χ1) is 14.1. The van der Waals surface area contributed by atoms with Gasteiger partial charge in [-0.25, -0.2) is 9.97 Å². The number of nitrogens with one attached hydrogen (secondary N) is 1. The molecular weight excluding hydrogens is 364 g/mol. The second-order valence-corrected chi connectivity index (χ2v) is 6.37. The van der Waals surface area contributed by atoms with Crippen molar-refractivity contribution < 1.29 is 5.11 Å². The van der Waals surface area contributed by atoms with Crippen molar-refractivity contribution in [1.29, 1.82) is 0 Å². The molecule has 0 radical (unpaired) electrons. The smallest absolute Gasteiger partial charge is 0.148 e. The summed E-state index contributed by atoms with van der Waals surface area (Å²) in [5.41, 5.74) is 4.56. The van der Waals surface area contributed by atoms with Crippen LogP contribution in [0.5, 0.6) is 0 Å². The van der Waals surface area contributed by atoms with E-state index in [0.29, 0.717) is 29.4 Å². The number of aromatic nitrogens is 5. The van der Waals surface area contributed by atoms with Crippen LogP contribution in [-0.2, 0) is 6.61 Å². The zero-order chi connectivity index (χ0) is 20.6. The van der Waals surface area contributed by atoms with Gasteiger partial charge in [-0.15, -0.1) is 10.2 Å². The molecule has 0 fully saturated rings. The lowest BCUT2D eigenvalue weighted by Gasteiger charge is -2.10. The zero-order valence-corrected chi connectivity index (χ0v) is 16.6. The largest absolute Gasteiger partial charge is 0.390 e. The second-order valence-electron chi connectivity index (χ2n) is 6.37. The number of hydrogen-bond donors (Lipinski definition) is 2. The Hall–Kier alpha value is -3.58. The van der Waals surface area contributed by atoms with Gasteiger partial charge in [0.1, 0.15) is 11.5 Å². The maximum atomic E-state index is 9.75. The number of aliphatic hydroxyl groups excluding tert-OH is 1. The minimum absolute atomic E-state index is 0.184. The van der Waals surface area contributed by atoms with Crippen LogP contribution >= 0.6 is 0 Å². The summed E-state index contributed by atoms with van der Waals surface area (Å²) in [7, 11) is 0. The maximum Gasteiger partial charge on any atom is 0.148 e. The highest BCUT2D eigenvalue weighted by Crippen LogP contribution is 2.20. The average molecular weight is 388 g/mol. The molecule has 3 rings (SSSR count). The number of pyridine rings is 1. The highest BCUT2D eigenvalue weighted by Gasteiger charge is 2.10. The van der Waals surface area contributed by atoms with E-state index in [1.165, 1.54) is 0 Å². The summed E-state index contributed by atoms with van der Waals surface area (Å²) in [6.07, 6.45) is 11.3. The molecule has 7 heteroatoms. The van der Waals surface area contributed by atoms with Crippen LogP contribution in [0, 0.1) is 6.92 Å². The third kappa shape index (κ3) is 5.03. The number of hydrogen-bond acceptors (Lipinski definition) is 6. The van der Waals surface area contributed by atoms with Crippen LogP contribution in [-0.4, -0.2) is 36.4 Å². The van der Waals surface area contributed by atoms with E-state index in [4.69, 9.17) is 0 Å². The molecule has 3 heterocycles. The van der Waals surface area contributed by atoms with Gasteiger partial charge in [-0.3, -0.25) is 0 Å². The minimum Gasteiger partial charge on any atom is -0.390 e. The molecule has 7 nitrogen and oxygen atoms in total. The van der Waals surface area contributed by atoms with Gasteiger partial charge in [0.25, 0.3) is 0 Å². The van der Waals surface area contributed by atoms with E-state index in [9.17, 15) is 5.11 Å². The molecule has 29 heavy (non-hydrogen) atoms. The molecule has 0 aliphatic heterocycles. The quantitative estimate of drug-likeness (QED) is 0.573. The molecule has 0 aliphatic rings. The predicted molar refractivity (Wildman–Crippen MR) is 115 cm³/mol. The minimum atomic E-state index is -0.184. The van der Waals surface area contributed by atoms with E-state index in [2.05, 4.69) is 32.1 Å². The number of allylic oxidation sites excluding steroid dienone is 3. The third-order valence-electron chi connectivity index (χ3n) is 4.26. The molecule has 0 aliphatic carbocycles. The highest BCUT2D eigenvalue weighted by molar-refractivity contribution is 5.57. The van der Waals surface area contributed by atoms with Gasteiger partial charge < -0.3 is 15.0 Å². The van der Waals surface area contributed by atoms with Gasteiger partial charge in [0.05, 0.1) is 35.7 Å². The van der Waals surface area contributed by atoms with E-state index in [-0.39, 0.29) is 6.61 Å². The van der Waals surface area contributed by atoms with E-state index >= 15 is 0 Å². The molecular formula is C22H24N6O. The molecule has 3 aromatic rings. The lowest BCUT2D eigenvalue weighted by Crippen LogP contribution is -2.06. The predicted octanol–water partition coefficient (Wildman–Crippen LogP) is 3.63. The van der Waals surface area contributed by atoms with E-state index in [1.54, 1.807) is 12.4 Å². The fourth-order valence-electron chi connectivity index (χ4n) is 2.72. The molecule has 0 saturated heterocycles. The van der Waals surface area contributed by atoms with Crippen LogP contribution in [0.4, 0.5) is 5.82 Å². The number of rotatable bonds is 8. The molecule has 148 valence electrons. The molecule has 0 unspecified atom stereocenters. The number of aryl methyl sites for hydroxylation is 1. The standard InChI is InChI=1S/C22H24N6O/c1-4-6-7-17(5-2)12-23-22-11-9-19(26-27-22)18-8-10-21(20(14-29)25-18)28-13-16(3)24-15-28/h4-11,13,15,29H,2,12,14H2,1,3H3,(H,23,27)/b6-4+,17-7+. The van der Waals surface area contributed by atoms with Crippen molar-refractivity contribution in [3.63, 3.8) is 0 Å². The number of nitrogens with zero attached hydrogens (tertiary/aromatic N) is 5. The summed E-state index contributed by atoms with van der Waals surface area (Å²) in [5, 5.41) is 21.5. The van der Waals surface area contributed by atoms with Crippen molar-refractivity contribution in [3.8, 4) is 17.1 Å². The fraction of sp³-hybridized carbons (Fsp3) is 0.182. The van der Waals surface area contributed by atoms with Crippen molar-refractivity contribution in [3.05, 3.63) is 84.6 Å². The molecule has 0 spiro atoms. The highest BCUT2D eigenvalue weighted by atomic mass is 16.3. The van der Waals surface area contributed by atoms with E-state index < -0.39 is 0 Å². The van der Waals surface area contributed by atoms with Gasteiger partial charge in [0.2, 0.25) is 0 Å². The van der Waals surface area contributed by atoms with Crippen LogP contribution < -0.4 is 5.32 Å². The lowest BCUT2D eigenvalue weighted by atomic mass is 10.2. The normalized spacial score (nSPS) is 11.8. The number of anilines is 1. The molecule has 0 amide bonds. The molecule has 0 saturated carbocycles. The van der Waals surface area contributed by atoms with Crippen molar-refractivity contribution in [2.24, 2.45) is 0 Å². The molecule has 0 aromatic carbocycles. The Morgan fingerprint density at radius 2 is 2.03 bits per heavy atom. The maximum absolute atomic E-state index is 9.75. The SMILES string of the molecule is C=C/C(=C\C=C\C)CNc1ccc(-c2ccc(-n3cnc(C)c3)c(CO)n2)nn1. The molecule has 0 atom stereocenters. The third-order valence-corrected chi connectivity index (χ3v) is 4.26. The van der Waals surface area contributed by atoms with Crippen molar-refractivity contribution in [2.75, 3.05) is 11.9 Å². The van der Waals surface area contributed by atoms with Gasteiger partial charge in [-0.1, -0.05) is 30.9 Å². The molecule has 3 aromatic heterocycles. The Morgan fingerprint density at radius 3 is 2.66 bits per heavy atom. The summed E-state index contributed by atoms with van der Waals surface area (Å²) < 4.78 is 1.84. The number of imidazole rings is 1. The Morgan fingerprint density at radius 1 is 1.21 bits per heavy atom. The van der Waals surface area contributed by atoms with Gasteiger partial charge in [-0.05, 0) is 43.7 Å². The molecule has 2 N–H and O–H groups in total. The summed E-state index contributed by atoms with van der Waals surface area (Å²) in [4.78, 5) is 8.77. The van der Waals surface area contributed by atoms with Crippen LogP contribution in [0.25, 0.3) is 17.1 Å².